The van der Waals surface area contributed by atoms with Gasteiger partial charge in [-0.3, -0.25) is 5.32 Å². The van der Waals surface area contributed by atoms with E-state index in [0.29, 0.717) is 13.2 Å². The van der Waals surface area contributed by atoms with Gasteiger partial charge in [0.1, 0.15) is 6.23 Å². The molecule has 0 saturated heterocycles. The molecule has 0 aliphatic heterocycles. The van der Waals surface area contributed by atoms with Gasteiger partial charge in [0.2, 0.25) is 0 Å². The monoisotopic (exact) mass is 161 g/mol. The van der Waals surface area contributed by atoms with Crippen LogP contribution in [0.15, 0.2) is 12.7 Å². The Labute approximate surface area is 66.5 Å². The number of hydrogen-bond donors (Lipinski definition) is 3. The number of ether oxygens (including phenoxy) is 1. The lowest BCUT2D eigenvalue weighted by Gasteiger charge is -2.10. The van der Waals surface area contributed by atoms with E-state index in [1.165, 1.54) is 0 Å². The summed E-state index contributed by atoms with van der Waals surface area (Å²) in [5, 5.41) is 20.0. The molecule has 11 heavy (non-hydrogen) atoms. The Kier molecular flexibility index (Phi) is 7.39. The number of aliphatic hydroxyl groups excluding tert-OH is 2. The Morgan fingerprint density at radius 3 is 2.91 bits per heavy atom. The fraction of sp³-hybridized carbons (Fsp3) is 0.714. The van der Waals surface area contributed by atoms with Crippen molar-refractivity contribution in [1.29, 1.82) is 0 Å². The highest BCUT2D eigenvalue weighted by Gasteiger charge is 1.99. The zero-order chi connectivity index (χ0) is 8.53. The fourth-order valence-corrected chi connectivity index (χ4v) is 0.553. The van der Waals surface area contributed by atoms with E-state index in [4.69, 9.17) is 14.9 Å². The molecule has 1 unspecified atom stereocenters. The first-order chi connectivity index (χ1) is 5.31. The van der Waals surface area contributed by atoms with E-state index in [-0.39, 0.29) is 13.2 Å². The predicted octanol–water partition coefficient (Wildman–Crippen LogP) is -0.911. The average molecular weight is 161 g/mol. The van der Waals surface area contributed by atoms with Crippen molar-refractivity contribution >= 4 is 0 Å². The molecule has 0 aliphatic rings. The average Bonchev–Trinajstić information content (AvgIpc) is 2.01. The minimum absolute atomic E-state index is 0.0124. The summed E-state index contributed by atoms with van der Waals surface area (Å²) in [7, 11) is 0. The van der Waals surface area contributed by atoms with E-state index in [1.54, 1.807) is 6.08 Å². The molecule has 0 spiro atoms. The second-order valence-corrected chi connectivity index (χ2v) is 2.02. The molecular formula is C7H15NO3. The zero-order valence-corrected chi connectivity index (χ0v) is 6.49. The van der Waals surface area contributed by atoms with Gasteiger partial charge >= 0.3 is 0 Å². The van der Waals surface area contributed by atoms with Crippen molar-refractivity contribution in [3.8, 4) is 0 Å². The van der Waals surface area contributed by atoms with E-state index in [1.807, 2.05) is 0 Å². The minimum atomic E-state index is -0.706. The topological polar surface area (TPSA) is 61.7 Å². The lowest BCUT2D eigenvalue weighted by molar-refractivity contribution is 0.0271. The Bertz CT molecular complexity index is 97.7. The third-order valence-electron chi connectivity index (χ3n) is 1.00. The van der Waals surface area contributed by atoms with Gasteiger partial charge in [0, 0.05) is 6.54 Å². The van der Waals surface area contributed by atoms with Crippen LogP contribution in [0, 0.1) is 0 Å². The van der Waals surface area contributed by atoms with Crippen LogP contribution in [-0.4, -0.2) is 42.8 Å². The molecule has 0 saturated carbocycles. The molecule has 0 rings (SSSR count). The highest BCUT2D eigenvalue weighted by molar-refractivity contribution is 4.64. The summed E-state index contributed by atoms with van der Waals surface area (Å²) >= 11 is 0. The first-order valence-corrected chi connectivity index (χ1v) is 3.52. The van der Waals surface area contributed by atoms with Crippen LogP contribution in [0.1, 0.15) is 0 Å². The molecule has 0 heterocycles. The summed E-state index contributed by atoms with van der Waals surface area (Å²) in [6.07, 6.45) is 0.903. The normalized spacial score (nSPS) is 12.9. The summed E-state index contributed by atoms with van der Waals surface area (Å²) in [6, 6.07) is 0. The molecule has 0 aromatic heterocycles. The summed E-state index contributed by atoms with van der Waals surface area (Å²) in [5.41, 5.74) is 0. The second kappa shape index (κ2) is 7.68. The Hall–Kier alpha value is -0.420. The molecule has 0 amide bonds. The number of aliphatic hydroxyl groups is 2. The molecular weight excluding hydrogens is 146 g/mol. The van der Waals surface area contributed by atoms with Crippen LogP contribution < -0.4 is 5.32 Å². The lowest BCUT2D eigenvalue weighted by atomic mass is 10.5. The molecule has 0 aliphatic carbocycles. The third-order valence-corrected chi connectivity index (χ3v) is 1.00. The van der Waals surface area contributed by atoms with Crippen molar-refractivity contribution in [3.63, 3.8) is 0 Å². The molecule has 0 radical (unpaired) electrons. The van der Waals surface area contributed by atoms with Crippen LogP contribution in [0.5, 0.6) is 0 Å². The SMILES string of the molecule is C=CCOCC(O)NCCO. The van der Waals surface area contributed by atoms with Crippen molar-refractivity contribution in [2.75, 3.05) is 26.4 Å². The fourth-order valence-electron chi connectivity index (χ4n) is 0.553. The Morgan fingerprint density at radius 1 is 1.64 bits per heavy atom. The molecule has 4 heteroatoms. The van der Waals surface area contributed by atoms with E-state index in [9.17, 15) is 0 Å². The molecule has 0 fully saturated rings. The standard InChI is InChI=1S/C7H15NO3/c1-2-5-11-6-7(10)8-3-4-9/h2,7-10H,1,3-6H2. The maximum Gasteiger partial charge on any atom is 0.128 e. The van der Waals surface area contributed by atoms with Gasteiger partial charge in [-0.05, 0) is 0 Å². The summed E-state index contributed by atoms with van der Waals surface area (Å²) < 4.78 is 4.93. The quantitative estimate of drug-likeness (QED) is 0.257. The van der Waals surface area contributed by atoms with Crippen LogP contribution >= 0.6 is 0 Å². The third kappa shape index (κ3) is 7.48. The largest absolute Gasteiger partial charge is 0.395 e. The molecule has 0 aromatic rings. The number of hydrogen-bond acceptors (Lipinski definition) is 4. The van der Waals surface area contributed by atoms with E-state index in [2.05, 4.69) is 11.9 Å². The molecule has 66 valence electrons. The first-order valence-electron chi connectivity index (χ1n) is 3.52. The van der Waals surface area contributed by atoms with Gasteiger partial charge in [0.05, 0.1) is 19.8 Å². The molecule has 3 N–H and O–H groups in total. The maximum atomic E-state index is 9.03. The van der Waals surface area contributed by atoms with E-state index >= 15 is 0 Å². The molecule has 4 nitrogen and oxygen atoms in total. The highest BCUT2D eigenvalue weighted by atomic mass is 16.5. The van der Waals surface area contributed by atoms with E-state index < -0.39 is 6.23 Å². The van der Waals surface area contributed by atoms with Crippen LogP contribution in [0.4, 0.5) is 0 Å². The molecule has 0 aromatic carbocycles. The smallest absolute Gasteiger partial charge is 0.128 e. The first kappa shape index (κ1) is 10.6. The van der Waals surface area contributed by atoms with Crippen molar-refractivity contribution < 1.29 is 14.9 Å². The van der Waals surface area contributed by atoms with Crippen molar-refractivity contribution in [2.45, 2.75) is 6.23 Å². The van der Waals surface area contributed by atoms with Gasteiger partial charge in [0.15, 0.2) is 0 Å². The maximum absolute atomic E-state index is 9.03. The van der Waals surface area contributed by atoms with Crippen molar-refractivity contribution in [3.05, 3.63) is 12.7 Å². The van der Waals surface area contributed by atoms with Crippen LogP contribution in [-0.2, 0) is 4.74 Å². The van der Waals surface area contributed by atoms with Crippen LogP contribution in [0.2, 0.25) is 0 Å². The van der Waals surface area contributed by atoms with Gasteiger partial charge < -0.3 is 14.9 Å². The zero-order valence-electron chi connectivity index (χ0n) is 6.49. The van der Waals surface area contributed by atoms with E-state index in [0.717, 1.165) is 0 Å². The highest BCUT2D eigenvalue weighted by Crippen LogP contribution is 1.80. The van der Waals surface area contributed by atoms with Gasteiger partial charge in [-0.2, -0.15) is 0 Å². The summed E-state index contributed by atoms with van der Waals surface area (Å²) in [4.78, 5) is 0. The van der Waals surface area contributed by atoms with Gasteiger partial charge in [-0.15, -0.1) is 6.58 Å². The minimum Gasteiger partial charge on any atom is -0.395 e. The summed E-state index contributed by atoms with van der Waals surface area (Å²) in [5.74, 6) is 0. The van der Waals surface area contributed by atoms with Gasteiger partial charge in [-0.1, -0.05) is 6.08 Å². The number of rotatable bonds is 7. The van der Waals surface area contributed by atoms with Gasteiger partial charge in [-0.25, -0.2) is 0 Å². The second-order valence-electron chi connectivity index (χ2n) is 2.02. The molecule has 0 bridgehead atoms. The van der Waals surface area contributed by atoms with Crippen LogP contribution in [0.3, 0.4) is 0 Å². The summed E-state index contributed by atoms with van der Waals surface area (Å²) in [6.45, 7) is 4.48. The van der Waals surface area contributed by atoms with Crippen molar-refractivity contribution in [1.82, 2.24) is 5.32 Å². The molecule has 1 atom stereocenters. The number of nitrogens with one attached hydrogen (secondary N) is 1. The van der Waals surface area contributed by atoms with Crippen molar-refractivity contribution in [2.24, 2.45) is 0 Å². The predicted molar refractivity (Wildman–Crippen MR) is 42.1 cm³/mol. The Balaban J connectivity index is 3.08. The van der Waals surface area contributed by atoms with Gasteiger partial charge in [0.25, 0.3) is 0 Å². The van der Waals surface area contributed by atoms with Crippen LogP contribution in [0.25, 0.3) is 0 Å². The Morgan fingerprint density at radius 2 is 2.36 bits per heavy atom. The lowest BCUT2D eigenvalue weighted by Crippen LogP contribution is -2.35.